The highest BCUT2D eigenvalue weighted by molar-refractivity contribution is 5.91. The van der Waals surface area contributed by atoms with E-state index in [1.54, 1.807) is 24.3 Å². The summed E-state index contributed by atoms with van der Waals surface area (Å²) in [6, 6.07) is 14.8. The van der Waals surface area contributed by atoms with Crippen LogP contribution in [0.5, 0.6) is 0 Å². The molecule has 4 rings (SSSR count). The second-order valence-corrected chi connectivity index (χ2v) is 8.33. The van der Waals surface area contributed by atoms with E-state index in [9.17, 15) is 14.9 Å². The number of piperazine rings is 1. The zero-order chi connectivity index (χ0) is 21.6. The Bertz CT molecular complexity index is 886. The van der Waals surface area contributed by atoms with Gasteiger partial charge in [0.1, 0.15) is 0 Å². The van der Waals surface area contributed by atoms with Crippen LogP contribution in [0.25, 0.3) is 0 Å². The summed E-state index contributed by atoms with van der Waals surface area (Å²) in [5, 5.41) is 13.8. The number of benzene rings is 2. The number of carbonyl (C=O) groups excluding carboxylic acids is 1. The molecule has 2 heterocycles. The minimum Gasteiger partial charge on any atom is -0.372 e. The van der Waals surface area contributed by atoms with Crippen LogP contribution < -0.4 is 20.0 Å². The molecule has 2 aromatic rings. The van der Waals surface area contributed by atoms with Crippen LogP contribution in [0.3, 0.4) is 0 Å². The number of carbonyl (C=O) groups is 1. The van der Waals surface area contributed by atoms with Crippen LogP contribution in [0.1, 0.15) is 19.3 Å². The van der Waals surface area contributed by atoms with Gasteiger partial charge in [-0.25, -0.2) is 0 Å². The van der Waals surface area contributed by atoms with E-state index < -0.39 is 0 Å². The van der Waals surface area contributed by atoms with E-state index in [1.165, 1.54) is 29.8 Å². The molecule has 164 valence electrons. The molecule has 8 nitrogen and oxygen atoms in total. The quantitative estimate of drug-likeness (QED) is 0.547. The maximum absolute atomic E-state index is 12.5. The molecule has 0 aliphatic carbocycles. The standard InChI is InChI=1S/C23H29N5O3/c29-23(24-19-4-6-20(7-5-19)26-12-2-1-3-13-26)18-25-14-16-27(17-15-25)21-8-10-22(11-9-21)28(30)31/h4-11H,1-3,12-18H2,(H,24,29)/p+1. The Morgan fingerprint density at radius 3 is 2.00 bits per heavy atom. The number of non-ortho nitro benzene ring substituents is 1. The minimum atomic E-state index is -0.383. The highest BCUT2D eigenvalue weighted by atomic mass is 16.6. The Hall–Kier alpha value is -3.13. The maximum Gasteiger partial charge on any atom is 0.279 e. The van der Waals surface area contributed by atoms with Crippen LogP contribution in [0.4, 0.5) is 22.7 Å². The fourth-order valence-electron chi connectivity index (χ4n) is 4.38. The molecule has 0 saturated carbocycles. The molecule has 0 unspecified atom stereocenters. The van der Waals surface area contributed by atoms with Crippen molar-refractivity contribution in [3.05, 3.63) is 58.6 Å². The first-order chi connectivity index (χ1) is 15.1. The zero-order valence-corrected chi connectivity index (χ0v) is 17.8. The molecule has 2 saturated heterocycles. The highest BCUT2D eigenvalue weighted by Gasteiger charge is 2.23. The van der Waals surface area contributed by atoms with Crippen LogP contribution in [0, 0.1) is 10.1 Å². The van der Waals surface area contributed by atoms with Crippen molar-refractivity contribution in [3.63, 3.8) is 0 Å². The highest BCUT2D eigenvalue weighted by Crippen LogP contribution is 2.22. The molecule has 2 aliphatic heterocycles. The minimum absolute atomic E-state index is 0.0320. The lowest BCUT2D eigenvalue weighted by atomic mass is 10.1. The molecule has 0 atom stereocenters. The van der Waals surface area contributed by atoms with Crippen molar-refractivity contribution in [2.24, 2.45) is 0 Å². The van der Waals surface area contributed by atoms with Crippen molar-refractivity contribution < 1.29 is 14.6 Å². The largest absolute Gasteiger partial charge is 0.372 e. The van der Waals surface area contributed by atoms with Gasteiger partial charge in [0.25, 0.3) is 11.6 Å². The molecule has 2 aliphatic rings. The summed E-state index contributed by atoms with van der Waals surface area (Å²) in [7, 11) is 0. The Balaban J connectivity index is 1.23. The molecule has 2 N–H and O–H groups in total. The summed E-state index contributed by atoms with van der Waals surface area (Å²) in [6.45, 7) is 6.04. The number of hydrogen-bond acceptors (Lipinski definition) is 5. The fourth-order valence-corrected chi connectivity index (χ4v) is 4.38. The summed E-state index contributed by atoms with van der Waals surface area (Å²) >= 11 is 0. The first kappa shape index (κ1) is 21.1. The number of quaternary nitrogens is 1. The van der Waals surface area contributed by atoms with Crippen molar-refractivity contribution in [3.8, 4) is 0 Å². The monoisotopic (exact) mass is 424 g/mol. The number of nitrogens with one attached hydrogen (secondary N) is 2. The average molecular weight is 425 g/mol. The van der Waals surface area contributed by atoms with Crippen molar-refractivity contribution in [2.45, 2.75) is 19.3 Å². The van der Waals surface area contributed by atoms with Gasteiger partial charge in [-0.15, -0.1) is 0 Å². The topological polar surface area (TPSA) is 83.2 Å². The number of nitrogens with zero attached hydrogens (tertiary/aromatic N) is 3. The number of rotatable bonds is 6. The van der Waals surface area contributed by atoms with Gasteiger partial charge in [0.2, 0.25) is 0 Å². The fraction of sp³-hybridized carbons (Fsp3) is 0.435. The van der Waals surface area contributed by atoms with Crippen LogP contribution in [-0.2, 0) is 4.79 Å². The molecule has 0 aromatic heterocycles. The van der Waals surface area contributed by atoms with Crippen LogP contribution >= 0.6 is 0 Å². The van der Waals surface area contributed by atoms with Gasteiger partial charge in [0, 0.05) is 42.3 Å². The van der Waals surface area contributed by atoms with E-state index in [-0.39, 0.29) is 16.5 Å². The molecule has 1 amide bonds. The number of amides is 1. The van der Waals surface area contributed by atoms with Gasteiger partial charge in [-0.2, -0.15) is 0 Å². The Morgan fingerprint density at radius 1 is 0.871 bits per heavy atom. The van der Waals surface area contributed by atoms with E-state index in [0.717, 1.165) is 50.6 Å². The summed E-state index contributed by atoms with van der Waals surface area (Å²) in [4.78, 5) is 28.8. The first-order valence-corrected chi connectivity index (χ1v) is 11.1. The second kappa shape index (κ2) is 9.78. The lowest BCUT2D eigenvalue weighted by Crippen LogP contribution is -3.15. The van der Waals surface area contributed by atoms with E-state index in [1.807, 2.05) is 12.1 Å². The van der Waals surface area contributed by atoms with Gasteiger partial charge >= 0.3 is 0 Å². The molecule has 2 aromatic carbocycles. The van der Waals surface area contributed by atoms with Crippen LogP contribution in [0.2, 0.25) is 0 Å². The number of piperidine rings is 1. The van der Waals surface area contributed by atoms with E-state index in [2.05, 4.69) is 27.2 Å². The molecule has 0 radical (unpaired) electrons. The van der Waals surface area contributed by atoms with E-state index in [4.69, 9.17) is 0 Å². The molecule has 8 heteroatoms. The van der Waals surface area contributed by atoms with Gasteiger partial charge in [0.15, 0.2) is 6.54 Å². The molecule has 0 bridgehead atoms. The third-order valence-electron chi connectivity index (χ3n) is 6.18. The molecule has 0 spiro atoms. The summed E-state index contributed by atoms with van der Waals surface area (Å²) in [6.07, 6.45) is 3.81. The van der Waals surface area contributed by atoms with Crippen molar-refractivity contribution >= 4 is 28.7 Å². The summed E-state index contributed by atoms with van der Waals surface area (Å²) < 4.78 is 0. The maximum atomic E-state index is 12.5. The van der Waals surface area contributed by atoms with Gasteiger partial charge in [-0.1, -0.05) is 0 Å². The molecular weight excluding hydrogens is 394 g/mol. The third-order valence-corrected chi connectivity index (χ3v) is 6.18. The first-order valence-electron chi connectivity index (χ1n) is 11.1. The second-order valence-electron chi connectivity index (χ2n) is 8.33. The third kappa shape index (κ3) is 5.52. The predicted molar refractivity (Wildman–Crippen MR) is 122 cm³/mol. The van der Waals surface area contributed by atoms with Gasteiger partial charge in [-0.05, 0) is 55.7 Å². The van der Waals surface area contributed by atoms with Gasteiger partial charge in [0.05, 0.1) is 31.1 Å². The normalized spacial score (nSPS) is 17.4. The summed E-state index contributed by atoms with van der Waals surface area (Å²) in [5.41, 5.74) is 3.16. The number of nitro benzene ring substituents is 1. The lowest BCUT2D eigenvalue weighted by molar-refractivity contribution is -0.892. The number of anilines is 3. The summed E-state index contributed by atoms with van der Waals surface area (Å²) in [5.74, 6) is 0.0320. The SMILES string of the molecule is O=C(C[NH+]1CCN(c2ccc([N+](=O)[O-])cc2)CC1)Nc1ccc(N2CCCCC2)cc1. The molecular formula is C23H30N5O3+. The Kier molecular flexibility index (Phi) is 6.66. The van der Waals surface area contributed by atoms with E-state index in [0.29, 0.717) is 6.54 Å². The smallest absolute Gasteiger partial charge is 0.279 e. The van der Waals surface area contributed by atoms with Crippen molar-refractivity contribution in [1.29, 1.82) is 0 Å². The molecule has 2 fully saturated rings. The van der Waals surface area contributed by atoms with Crippen molar-refractivity contribution in [2.75, 3.05) is 60.9 Å². The lowest BCUT2D eigenvalue weighted by Gasteiger charge is -2.33. The number of hydrogen-bond donors (Lipinski definition) is 2. The number of nitro groups is 1. The Morgan fingerprint density at radius 2 is 1.42 bits per heavy atom. The average Bonchev–Trinajstić information content (AvgIpc) is 2.81. The van der Waals surface area contributed by atoms with Crippen molar-refractivity contribution in [1.82, 2.24) is 0 Å². The van der Waals surface area contributed by atoms with Gasteiger partial charge in [-0.3, -0.25) is 14.9 Å². The van der Waals surface area contributed by atoms with Crippen LogP contribution in [-0.4, -0.2) is 56.6 Å². The predicted octanol–water partition coefficient (Wildman–Crippen LogP) is 1.93. The Labute approximate surface area is 182 Å². The van der Waals surface area contributed by atoms with E-state index >= 15 is 0 Å². The van der Waals surface area contributed by atoms with Crippen LogP contribution in [0.15, 0.2) is 48.5 Å². The molecule has 31 heavy (non-hydrogen) atoms. The zero-order valence-electron chi connectivity index (χ0n) is 17.8. The van der Waals surface area contributed by atoms with Gasteiger partial charge < -0.3 is 20.0 Å².